The van der Waals surface area contributed by atoms with Crippen LogP contribution in [0.3, 0.4) is 0 Å². The van der Waals surface area contributed by atoms with Crippen LogP contribution in [0.15, 0.2) is 23.1 Å². The number of ether oxygens (including phenoxy) is 1. The first kappa shape index (κ1) is 10.9. The quantitative estimate of drug-likeness (QED) is 0.732. The van der Waals surface area contributed by atoms with Crippen molar-refractivity contribution in [3.05, 3.63) is 28.7 Å². The van der Waals surface area contributed by atoms with E-state index >= 15 is 0 Å². The number of anilines is 1. The highest BCUT2D eigenvalue weighted by molar-refractivity contribution is 5.43. The molecule has 16 heavy (non-hydrogen) atoms. The number of hydrogen-bond donors (Lipinski definition) is 0. The maximum atomic E-state index is 11.7. The molecule has 1 fully saturated rings. The van der Waals surface area contributed by atoms with E-state index in [1.807, 2.05) is 6.92 Å². The zero-order chi connectivity index (χ0) is 11.4. The van der Waals surface area contributed by atoms with Crippen LogP contribution in [0.2, 0.25) is 0 Å². The molecule has 0 unspecified atom stereocenters. The van der Waals surface area contributed by atoms with Gasteiger partial charge in [0.15, 0.2) is 0 Å². The van der Waals surface area contributed by atoms with Gasteiger partial charge in [-0.25, -0.2) is 4.68 Å². The molecule has 0 atom stereocenters. The average molecular weight is 221 g/mol. The van der Waals surface area contributed by atoms with E-state index in [-0.39, 0.29) is 5.56 Å². The summed E-state index contributed by atoms with van der Waals surface area (Å²) < 4.78 is 6.58. The van der Waals surface area contributed by atoms with E-state index in [2.05, 4.69) is 10.00 Å². The maximum Gasteiger partial charge on any atom is 0.272 e. The SMILES string of the molecule is CC=Cn1ncc(N2CCOCC2)cc1=O. The second kappa shape index (κ2) is 4.94. The maximum absolute atomic E-state index is 11.7. The lowest BCUT2D eigenvalue weighted by Gasteiger charge is -2.28. The Morgan fingerprint density at radius 3 is 2.81 bits per heavy atom. The molecule has 1 aromatic rings. The van der Waals surface area contributed by atoms with Gasteiger partial charge in [0.1, 0.15) is 0 Å². The fourth-order valence-corrected chi connectivity index (χ4v) is 1.66. The fourth-order valence-electron chi connectivity index (χ4n) is 1.66. The minimum Gasteiger partial charge on any atom is -0.378 e. The number of morpholine rings is 1. The number of aromatic nitrogens is 2. The van der Waals surface area contributed by atoms with Crippen LogP contribution in [0.1, 0.15) is 6.92 Å². The Morgan fingerprint density at radius 1 is 1.44 bits per heavy atom. The second-order valence-corrected chi connectivity index (χ2v) is 3.58. The van der Waals surface area contributed by atoms with Crippen molar-refractivity contribution in [2.45, 2.75) is 6.92 Å². The molecule has 0 N–H and O–H groups in total. The number of nitrogens with zero attached hydrogens (tertiary/aromatic N) is 3. The third-order valence-corrected chi connectivity index (χ3v) is 2.48. The Bertz CT molecular complexity index is 433. The summed E-state index contributed by atoms with van der Waals surface area (Å²) in [6, 6.07) is 1.61. The van der Waals surface area contributed by atoms with Crippen molar-refractivity contribution >= 4 is 11.9 Å². The van der Waals surface area contributed by atoms with Crippen molar-refractivity contribution in [2.75, 3.05) is 31.2 Å². The Kier molecular flexibility index (Phi) is 3.36. The Hall–Kier alpha value is -1.62. The average Bonchev–Trinajstić information content (AvgIpc) is 2.33. The molecule has 2 rings (SSSR count). The lowest BCUT2D eigenvalue weighted by Crippen LogP contribution is -2.37. The van der Waals surface area contributed by atoms with Gasteiger partial charge in [0.25, 0.3) is 5.56 Å². The van der Waals surface area contributed by atoms with E-state index in [1.165, 1.54) is 4.68 Å². The normalized spacial score (nSPS) is 16.9. The summed E-state index contributed by atoms with van der Waals surface area (Å²) in [4.78, 5) is 13.8. The molecule has 5 heteroatoms. The van der Waals surface area contributed by atoms with Gasteiger partial charge in [-0.2, -0.15) is 5.10 Å². The Balaban J connectivity index is 2.23. The standard InChI is InChI=1S/C11H15N3O2/c1-2-3-14-11(15)8-10(9-12-14)13-4-6-16-7-5-13/h2-3,8-9H,4-7H2,1H3. The molecule has 0 bridgehead atoms. The lowest BCUT2D eigenvalue weighted by molar-refractivity contribution is 0.122. The molecule has 0 aliphatic carbocycles. The topological polar surface area (TPSA) is 47.4 Å². The molecule has 0 radical (unpaired) electrons. The van der Waals surface area contributed by atoms with Crippen molar-refractivity contribution in [3.63, 3.8) is 0 Å². The van der Waals surface area contributed by atoms with Gasteiger partial charge in [-0.15, -0.1) is 0 Å². The molecule has 1 aliphatic heterocycles. The lowest BCUT2D eigenvalue weighted by atomic mass is 10.3. The molecule has 0 spiro atoms. The molecule has 86 valence electrons. The predicted octanol–water partition coefficient (Wildman–Crippen LogP) is 0.571. The van der Waals surface area contributed by atoms with Gasteiger partial charge in [0.05, 0.1) is 25.1 Å². The van der Waals surface area contributed by atoms with E-state index in [0.717, 1.165) is 18.8 Å². The Labute approximate surface area is 93.9 Å². The minimum atomic E-state index is -0.109. The van der Waals surface area contributed by atoms with Crippen LogP contribution in [-0.2, 0) is 4.74 Å². The monoisotopic (exact) mass is 221 g/mol. The first-order valence-corrected chi connectivity index (χ1v) is 5.35. The summed E-state index contributed by atoms with van der Waals surface area (Å²) >= 11 is 0. The summed E-state index contributed by atoms with van der Waals surface area (Å²) in [5.41, 5.74) is 0.760. The van der Waals surface area contributed by atoms with E-state index in [4.69, 9.17) is 4.74 Å². The van der Waals surface area contributed by atoms with Gasteiger partial charge in [-0.3, -0.25) is 4.79 Å². The fraction of sp³-hybridized carbons (Fsp3) is 0.455. The molecule has 0 amide bonds. The third kappa shape index (κ3) is 2.30. The number of hydrogen-bond acceptors (Lipinski definition) is 4. The molecule has 2 heterocycles. The van der Waals surface area contributed by atoms with Crippen molar-refractivity contribution in [3.8, 4) is 0 Å². The summed E-state index contributed by atoms with van der Waals surface area (Å²) in [6.45, 7) is 4.89. The van der Waals surface area contributed by atoms with Crippen LogP contribution >= 0.6 is 0 Å². The van der Waals surface area contributed by atoms with Crippen molar-refractivity contribution < 1.29 is 4.74 Å². The van der Waals surface area contributed by atoms with Gasteiger partial charge in [0.2, 0.25) is 0 Å². The Morgan fingerprint density at radius 2 is 2.19 bits per heavy atom. The third-order valence-electron chi connectivity index (χ3n) is 2.48. The van der Waals surface area contributed by atoms with Crippen LogP contribution in [0.4, 0.5) is 5.69 Å². The summed E-state index contributed by atoms with van der Waals surface area (Å²) in [5, 5.41) is 4.08. The van der Waals surface area contributed by atoms with Crippen molar-refractivity contribution in [1.82, 2.24) is 9.78 Å². The molecule has 1 aromatic heterocycles. The van der Waals surface area contributed by atoms with E-state index in [0.29, 0.717) is 13.2 Å². The molecule has 5 nitrogen and oxygen atoms in total. The van der Waals surface area contributed by atoms with Crippen LogP contribution in [-0.4, -0.2) is 36.1 Å². The molecule has 1 aliphatic rings. The zero-order valence-corrected chi connectivity index (χ0v) is 9.30. The van der Waals surface area contributed by atoms with Gasteiger partial charge >= 0.3 is 0 Å². The van der Waals surface area contributed by atoms with E-state index < -0.39 is 0 Å². The van der Waals surface area contributed by atoms with Crippen LogP contribution in [0.25, 0.3) is 6.20 Å². The first-order valence-electron chi connectivity index (χ1n) is 5.35. The molecule has 0 aromatic carbocycles. The first-order chi connectivity index (χ1) is 7.81. The molecule has 0 saturated carbocycles. The highest BCUT2D eigenvalue weighted by Crippen LogP contribution is 2.11. The van der Waals surface area contributed by atoms with Crippen LogP contribution < -0.4 is 10.5 Å². The van der Waals surface area contributed by atoms with E-state index in [1.54, 1.807) is 24.5 Å². The summed E-state index contributed by atoms with van der Waals surface area (Å²) in [7, 11) is 0. The molecule has 1 saturated heterocycles. The molecular weight excluding hydrogens is 206 g/mol. The predicted molar refractivity (Wildman–Crippen MR) is 62.5 cm³/mol. The second-order valence-electron chi connectivity index (χ2n) is 3.58. The smallest absolute Gasteiger partial charge is 0.272 e. The van der Waals surface area contributed by atoms with Gasteiger partial charge in [-0.05, 0) is 6.92 Å². The molecular formula is C11H15N3O2. The zero-order valence-electron chi connectivity index (χ0n) is 9.30. The number of rotatable bonds is 2. The summed E-state index contributed by atoms with van der Waals surface area (Å²) in [5.74, 6) is 0. The number of allylic oxidation sites excluding steroid dienone is 1. The van der Waals surface area contributed by atoms with E-state index in [9.17, 15) is 4.79 Å². The van der Waals surface area contributed by atoms with Gasteiger partial charge < -0.3 is 9.64 Å². The largest absolute Gasteiger partial charge is 0.378 e. The van der Waals surface area contributed by atoms with Crippen LogP contribution in [0, 0.1) is 0 Å². The van der Waals surface area contributed by atoms with Crippen LogP contribution in [0.5, 0.6) is 0 Å². The highest BCUT2D eigenvalue weighted by atomic mass is 16.5. The van der Waals surface area contributed by atoms with Gasteiger partial charge in [-0.1, -0.05) is 6.08 Å². The minimum absolute atomic E-state index is 0.109. The van der Waals surface area contributed by atoms with Crippen molar-refractivity contribution in [1.29, 1.82) is 0 Å². The highest BCUT2D eigenvalue weighted by Gasteiger charge is 2.12. The summed E-state index contributed by atoms with van der Waals surface area (Å²) in [6.07, 6.45) is 5.14. The van der Waals surface area contributed by atoms with Gasteiger partial charge in [0, 0.05) is 25.4 Å². The van der Waals surface area contributed by atoms with Crippen molar-refractivity contribution in [2.24, 2.45) is 0 Å².